The minimum Gasteiger partial charge on any atom is -0.458 e. The summed E-state index contributed by atoms with van der Waals surface area (Å²) in [5.41, 5.74) is 1.99. The highest BCUT2D eigenvalue weighted by molar-refractivity contribution is 6.09. The third-order valence-corrected chi connectivity index (χ3v) is 5.95. The maximum Gasteiger partial charge on any atom is 0.326 e. The van der Waals surface area contributed by atoms with Gasteiger partial charge < -0.3 is 10.1 Å². The second-order valence-electron chi connectivity index (χ2n) is 8.06. The van der Waals surface area contributed by atoms with Crippen LogP contribution in [0.15, 0.2) is 53.5 Å². The third-order valence-electron chi connectivity index (χ3n) is 5.95. The van der Waals surface area contributed by atoms with Gasteiger partial charge in [-0.2, -0.15) is 0 Å². The van der Waals surface area contributed by atoms with Crippen molar-refractivity contribution in [2.24, 2.45) is 0 Å². The Morgan fingerprint density at radius 2 is 2.00 bits per heavy atom. The summed E-state index contributed by atoms with van der Waals surface area (Å²) >= 11 is 0. The van der Waals surface area contributed by atoms with Crippen LogP contribution in [0.3, 0.4) is 0 Å². The summed E-state index contributed by atoms with van der Waals surface area (Å²) < 4.78 is 6.62. The summed E-state index contributed by atoms with van der Waals surface area (Å²) in [5, 5.41) is 2.77. The zero-order valence-corrected chi connectivity index (χ0v) is 17.3. The van der Waals surface area contributed by atoms with Crippen molar-refractivity contribution in [1.29, 1.82) is 0 Å². The number of urea groups is 1. The van der Waals surface area contributed by atoms with Crippen molar-refractivity contribution < 1.29 is 19.1 Å². The Morgan fingerprint density at radius 3 is 2.84 bits per heavy atom. The van der Waals surface area contributed by atoms with E-state index in [4.69, 9.17) is 4.74 Å². The first-order valence-corrected chi connectivity index (χ1v) is 10.2. The van der Waals surface area contributed by atoms with Crippen molar-refractivity contribution in [1.82, 2.24) is 19.6 Å². The molecule has 1 unspecified atom stereocenters. The molecule has 1 N–H and O–H groups in total. The van der Waals surface area contributed by atoms with Gasteiger partial charge in [-0.1, -0.05) is 30.3 Å². The highest BCUT2D eigenvalue weighted by Crippen LogP contribution is 2.41. The molecule has 0 radical (unpaired) electrons. The van der Waals surface area contributed by atoms with Gasteiger partial charge in [0.05, 0.1) is 5.69 Å². The van der Waals surface area contributed by atoms with E-state index in [0.717, 1.165) is 21.6 Å². The molecule has 9 nitrogen and oxygen atoms in total. The van der Waals surface area contributed by atoms with Crippen LogP contribution in [0.4, 0.5) is 4.79 Å². The van der Waals surface area contributed by atoms with E-state index >= 15 is 0 Å². The molecule has 1 aromatic carbocycles. The molecule has 3 aromatic rings. The molecule has 3 heterocycles. The van der Waals surface area contributed by atoms with Crippen LogP contribution < -0.4 is 10.9 Å². The summed E-state index contributed by atoms with van der Waals surface area (Å²) in [7, 11) is 0. The number of nitrogens with zero attached hydrogens (tertiary/aromatic N) is 3. The first-order chi connectivity index (χ1) is 15.4. The van der Waals surface area contributed by atoms with Crippen LogP contribution in [-0.4, -0.2) is 38.7 Å². The van der Waals surface area contributed by atoms with Crippen molar-refractivity contribution in [3.05, 3.63) is 81.4 Å². The monoisotopic (exact) mass is 432 g/mol. The van der Waals surface area contributed by atoms with Crippen LogP contribution in [-0.2, 0) is 32.9 Å². The number of benzene rings is 1. The predicted molar refractivity (Wildman–Crippen MR) is 113 cm³/mol. The highest BCUT2D eigenvalue weighted by atomic mass is 16.5. The number of ether oxygens (including phenoxy) is 1. The molecule has 2 aliphatic rings. The van der Waals surface area contributed by atoms with Crippen molar-refractivity contribution in [2.45, 2.75) is 31.9 Å². The zero-order valence-electron chi connectivity index (χ0n) is 17.3. The number of hydrogen-bond donors (Lipinski definition) is 1. The van der Waals surface area contributed by atoms with Crippen LogP contribution >= 0.6 is 0 Å². The number of amides is 3. The van der Waals surface area contributed by atoms with Crippen molar-refractivity contribution in [2.75, 3.05) is 6.54 Å². The van der Waals surface area contributed by atoms with Crippen LogP contribution in [0.1, 0.15) is 28.8 Å². The van der Waals surface area contributed by atoms with Gasteiger partial charge in [0.15, 0.2) is 0 Å². The number of nitrogens with one attached hydrogen (secondary N) is 1. The maximum atomic E-state index is 13.1. The molecule has 1 saturated heterocycles. The smallest absolute Gasteiger partial charge is 0.326 e. The Labute approximate surface area is 182 Å². The highest BCUT2D eigenvalue weighted by Gasteiger charge is 2.55. The van der Waals surface area contributed by atoms with Gasteiger partial charge in [0.25, 0.3) is 11.5 Å². The second kappa shape index (κ2) is 7.30. The predicted octanol–water partition coefficient (Wildman–Crippen LogP) is 1.44. The lowest BCUT2D eigenvalue weighted by Gasteiger charge is -2.22. The Morgan fingerprint density at radius 1 is 1.19 bits per heavy atom. The van der Waals surface area contributed by atoms with Crippen molar-refractivity contribution >= 4 is 23.6 Å². The Hall–Kier alpha value is -4.01. The number of imide groups is 1. The van der Waals surface area contributed by atoms with Crippen LogP contribution in [0.5, 0.6) is 0 Å². The lowest BCUT2D eigenvalue weighted by atomic mass is 9.92. The summed E-state index contributed by atoms with van der Waals surface area (Å²) in [6.45, 7) is 1.11. The molecule has 32 heavy (non-hydrogen) atoms. The number of hydrogen-bond acceptors (Lipinski definition) is 6. The molecule has 1 atom stereocenters. The largest absolute Gasteiger partial charge is 0.458 e. The van der Waals surface area contributed by atoms with Crippen molar-refractivity contribution in [3.8, 4) is 0 Å². The SMILES string of the molecule is Cc1ccc2nc(COC(=O)CN3C(=O)NC4(CCc5ccccc54)C3=O)cc(=O)n2c1. The van der Waals surface area contributed by atoms with Crippen molar-refractivity contribution in [3.63, 3.8) is 0 Å². The number of carbonyl (C=O) groups is 3. The van der Waals surface area contributed by atoms with Gasteiger partial charge >= 0.3 is 12.0 Å². The van der Waals surface area contributed by atoms with Gasteiger partial charge in [-0.3, -0.25) is 23.7 Å². The molecule has 1 spiro atoms. The summed E-state index contributed by atoms with van der Waals surface area (Å²) in [6.07, 6.45) is 2.80. The fraction of sp³-hybridized carbons (Fsp3) is 0.261. The van der Waals surface area contributed by atoms with Gasteiger partial charge in [-0.15, -0.1) is 0 Å². The fourth-order valence-electron chi connectivity index (χ4n) is 4.39. The van der Waals surface area contributed by atoms with E-state index < -0.39 is 30.0 Å². The normalized spacial score (nSPS) is 19.5. The average molecular weight is 432 g/mol. The molecule has 9 heteroatoms. The number of aryl methyl sites for hydroxylation is 2. The standard InChI is InChI=1S/C23H20N4O5/c1-14-6-7-18-24-16(10-19(28)26(18)11-14)13-32-20(29)12-27-21(30)23(25-22(27)31)9-8-15-4-2-3-5-17(15)23/h2-7,10-11H,8-9,12-13H2,1H3,(H,25,31). The molecule has 1 aliphatic heterocycles. The lowest BCUT2D eigenvalue weighted by molar-refractivity contribution is -0.149. The fourth-order valence-corrected chi connectivity index (χ4v) is 4.39. The van der Waals surface area contributed by atoms with Gasteiger partial charge in [0.2, 0.25) is 0 Å². The topological polar surface area (TPSA) is 110 Å². The molecule has 3 amide bonds. The Bertz CT molecular complexity index is 1350. The number of fused-ring (bicyclic) bond motifs is 3. The Balaban J connectivity index is 1.28. The molecule has 1 fully saturated rings. The van der Waals surface area contributed by atoms with E-state index in [2.05, 4.69) is 10.3 Å². The molecule has 162 valence electrons. The molecular formula is C23H20N4O5. The van der Waals surface area contributed by atoms with E-state index in [1.807, 2.05) is 37.3 Å². The molecular weight excluding hydrogens is 412 g/mol. The first-order valence-electron chi connectivity index (χ1n) is 10.2. The van der Waals surface area contributed by atoms with Gasteiger partial charge in [-0.25, -0.2) is 9.78 Å². The van der Waals surface area contributed by atoms with Gasteiger partial charge in [0.1, 0.15) is 24.3 Å². The van der Waals surface area contributed by atoms with Gasteiger partial charge in [0, 0.05) is 12.3 Å². The number of esters is 1. The quantitative estimate of drug-likeness (QED) is 0.494. The minimum atomic E-state index is -1.12. The van der Waals surface area contributed by atoms with Crippen LogP contribution in [0.25, 0.3) is 5.65 Å². The molecule has 0 bridgehead atoms. The van der Waals surface area contributed by atoms with E-state index in [1.54, 1.807) is 12.3 Å². The van der Waals surface area contributed by atoms with Crippen LogP contribution in [0.2, 0.25) is 0 Å². The molecule has 2 aromatic heterocycles. The lowest BCUT2D eigenvalue weighted by Crippen LogP contribution is -2.42. The summed E-state index contributed by atoms with van der Waals surface area (Å²) in [4.78, 5) is 55.5. The molecule has 1 aliphatic carbocycles. The van der Waals surface area contributed by atoms with Gasteiger partial charge in [-0.05, 0) is 42.5 Å². The third kappa shape index (κ3) is 3.13. The van der Waals surface area contributed by atoms with E-state index in [-0.39, 0.29) is 17.9 Å². The second-order valence-corrected chi connectivity index (χ2v) is 8.06. The maximum absolute atomic E-state index is 13.1. The minimum absolute atomic E-state index is 0.240. The van der Waals surface area contributed by atoms with Crippen LogP contribution in [0, 0.1) is 6.92 Å². The number of rotatable bonds is 4. The number of carbonyl (C=O) groups excluding carboxylic acids is 3. The number of aromatic nitrogens is 2. The zero-order chi connectivity index (χ0) is 22.5. The van der Waals surface area contributed by atoms with E-state index in [0.29, 0.717) is 18.5 Å². The summed E-state index contributed by atoms with van der Waals surface area (Å²) in [6, 6.07) is 11.7. The summed E-state index contributed by atoms with van der Waals surface area (Å²) in [5.74, 6) is -1.22. The van der Waals surface area contributed by atoms with E-state index in [9.17, 15) is 19.2 Å². The van der Waals surface area contributed by atoms with E-state index in [1.165, 1.54) is 10.5 Å². The Kier molecular flexibility index (Phi) is 4.54. The molecule has 0 saturated carbocycles. The molecule has 5 rings (SSSR count). The first kappa shape index (κ1) is 19.9. The number of pyridine rings is 1. The average Bonchev–Trinajstić information content (AvgIpc) is 3.26.